The fraction of sp³-hybridized carbons (Fsp3) is 0.261. The lowest BCUT2D eigenvalue weighted by molar-refractivity contribution is -0.160. The summed E-state index contributed by atoms with van der Waals surface area (Å²) >= 11 is 1.58. The first-order valence-electron chi connectivity index (χ1n) is 10.3. The van der Waals surface area contributed by atoms with Gasteiger partial charge in [-0.05, 0) is 44.1 Å². The van der Waals surface area contributed by atoms with Crippen LogP contribution in [0.2, 0.25) is 0 Å². The number of thiazole rings is 1. The number of alkyl halides is 3. The highest BCUT2D eigenvalue weighted by molar-refractivity contribution is 7.12. The van der Waals surface area contributed by atoms with Crippen molar-refractivity contribution in [3.8, 4) is 11.3 Å². The Hall–Kier alpha value is -3.40. The van der Waals surface area contributed by atoms with Crippen LogP contribution < -0.4 is 16.4 Å². The molecule has 2 aliphatic rings. The summed E-state index contributed by atoms with van der Waals surface area (Å²) in [7, 11) is 0. The monoisotopic (exact) mass is 473 g/mol. The highest BCUT2D eigenvalue weighted by Crippen LogP contribution is 2.39. The van der Waals surface area contributed by atoms with Crippen molar-refractivity contribution in [3.05, 3.63) is 76.1 Å². The minimum Gasteiger partial charge on any atom is -0.384 e. The van der Waals surface area contributed by atoms with E-state index < -0.39 is 18.1 Å². The van der Waals surface area contributed by atoms with Crippen LogP contribution in [0.1, 0.15) is 28.6 Å². The fourth-order valence-corrected chi connectivity index (χ4v) is 4.74. The molecule has 0 aliphatic heterocycles. The van der Waals surface area contributed by atoms with Gasteiger partial charge in [-0.2, -0.15) is 13.2 Å². The van der Waals surface area contributed by atoms with Gasteiger partial charge in [0.2, 0.25) is 0 Å². The molecule has 0 bridgehead atoms. The lowest BCUT2D eigenvalue weighted by Crippen LogP contribution is -2.35. The number of amides is 2. The third-order valence-corrected chi connectivity index (χ3v) is 6.39. The first kappa shape index (κ1) is 22.8. The predicted molar refractivity (Wildman–Crippen MR) is 122 cm³/mol. The highest BCUT2D eigenvalue weighted by atomic mass is 32.1. The van der Waals surface area contributed by atoms with Gasteiger partial charge in [0.15, 0.2) is 0 Å². The number of nitrogens with zero attached hydrogens (tertiary/aromatic N) is 2. The summed E-state index contributed by atoms with van der Waals surface area (Å²) in [5, 5.41) is 6.32. The molecule has 2 heterocycles. The van der Waals surface area contributed by atoms with E-state index in [1.807, 2.05) is 25.1 Å². The first-order valence-corrected chi connectivity index (χ1v) is 11.1. The van der Waals surface area contributed by atoms with Crippen LogP contribution in [0.25, 0.3) is 11.3 Å². The zero-order valence-corrected chi connectivity index (χ0v) is 18.5. The van der Waals surface area contributed by atoms with Gasteiger partial charge in [-0.15, -0.1) is 11.3 Å². The molecule has 10 heteroatoms. The minimum absolute atomic E-state index is 0.00206. The fourth-order valence-electron chi connectivity index (χ4n) is 3.71. The normalized spacial score (nSPS) is 20.2. The number of nitrogens with two attached hydrogens (primary N) is 1. The molecule has 33 heavy (non-hydrogen) atoms. The van der Waals surface area contributed by atoms with E-state index in [-0.39, 0.29) is 12.3 Å². The van der Waals surface area contributed by atoms with Gasteiger partial charge in [0, 0.05) is 33.9 Å². The zero-order chi connectivity index (χ0) is 23.6. The zero-order valence-electron chi connectivity index (χ0n) is 17.7. The summed E-state index contributed by atoms with van der Waals surface area (Å²) < 4.78 is 38.3. The Kier molecular flexibility index (Phi) is 6.37. The third kappa shape index (κ3) is 5.51. The molecule has 2 amide bonds. The lowest BCUT2D eigenvalue weighted by atomic mass is 9.94. The summed E-state index contributed by atoms with van der Waals surface area (Å²) in [4.78, 5) is 22.2. The van der Waals surface area contributed by atoms with Crippen LogP contribution in [-0.2, 0) is 0 Å². The van der Waals surface area contributed by atoms with Gasteiger partial charge in [-0.25, -0.2) is 14.8 Å². The lowest BCUT2D eigenvalue weighted by Gasteiger charge is -2.21. The van der Waals surface area contributed by atoms with Crippen molar-refractivity contribution in [2.75, 3.05) is 5.73 Å². The number of halogens is 3. The molecule has 0 saturated carbocycles. The Balaban J connectivity index is 1.41. The second kappa shape index (κ2) is 9.22. The Morgan fingerprint density at radius 3 is 2.79 bits per heavy atom. The van der Waals surface area contributed by atoms with Crippen LogP contribution in [0, 0.1) is 12.8 Å². The molecule has 172 valence electrons. The summed E-state index contributed by atoms with van der Waals surface area (Å²) in [5.74, 6) is -1.11. The molecule has 0 radical (unpaired) electrons. The molecule has 0 spiro atoms. The van der Waals surface area contributed by atoms with Crippen LogP contribution >= 0.6 is 11.3 Å². The van der Waals surface area contributed by atoms with Crippen molar-refractivity contribution in [1.82, 2.24) is 20.6 Å². The largest absolute Gasteiger partial charge is 0.395 e. The number of aryl methyl sites for hydroxylation is 1. The second-order valence-electron chi connectivity index (χ2n) is 7.78. The molecule has 2 aromatic heterocycles. The number of hydrogen-bond acceptors (Lipinski definition) is 5. The maximum atomic E-state index is 12.8. The van der Waals surface area contributed by atoms with Gasteiger partial charge in [-0.3, -0.25) is 0 Å². The minimum atomic E-state index is -4.29. The van der Waals surface area contributed by atoms with Crippen molar-refractivity contribution in [3.63, 3.8) is 0 Å². The van der Waals surface area contributed by atoms with Crippen LogP contribution in [0.4, 0.5) is 23.8 Å². The van der Waals surface area contributed by atoms with E-state index in [4.69, 9.17) is 5.73 Å². The van der Waals surface area contributed by atoms with Crippen molar-refractivity contribution in [2.24, 2.45) is 5.92 Å². The Bertz CT molecular complexity index is 1180. The molecule has 2 aliphatic carbocycles. The molecule has 4 N–H and O–H groups in total. The van der Waals surface area contributed by atoms with E-state index in [9.17, 15) is 18.0 Å². The molecular formula is C23H22F3N5OS. The van der Waals surface area contributed by atoms with Crippen molar-refractivity contribution < 1.29 is 18.0 Å². The van der Waals surface area contributed by atoms with Crippen LogP contribution in [0.15, 0.2) is 66.2 Å². The molecule has 4 rings (SSSR count). The number of carbonyl (C=O) groups excluding carboxylic acids is 1. The van der Waals surface area contributed by atoms with Gasteiger partial charge < -0.3 is 16.4 Å². The van der Waals surface area contributed by atoms with Gasteiger partial charge in [0.25, 0.3) is 0 Å². The number of aromatic nitrogens is 2. The first-order chi connectivity index (χ1) is 15.7. The second-order valence-corrected chi connectivity index (χ2v) is 9.02. The standard InChI is InChI=1S/C23H22F3N5OS/c1-13-29-20(14-9-10-28-19(27)12-14)21(33-13)15-3-2-4-18(11-15)31-22(32)30-17-7-5-16(6-8-17)23(24,25)26/h2-5,7-10,12,15-16H,6,11H2,1H3,(H2,27,28)(H2,30,31,32). The number of hydrogen-bond donors (Lipinski definition) is 3. The SMILES string of the molecule is Cc1nc(-c2ccnc(N)c2)c(C2C=CC=C(NC(=O)NC3=CCC(C(F)(F)F)C=C3)C2)s1. The number of nitrogens with one attached hydrogen (secondary N) is 2. The van der Waals surface area contributed by atoms with Gasteiger partial charge >= 0.3 is 12.2 Å². The number of rotatable bonds is 4. The van der Waals surface area contributed by atoms with Crippen molar-refractivity contribution in [2.45, 2.75) is 31.9 Å². The average molecular weight is 474 g/mol. The Labute approximate surface area is 192 Å². The quantitative estimate of drug-likeness (QED) is 0.559. The number of nitrogen functional groups attached to an aromatic ring is 1. The summed E-state index contributed by atoms with van der Waals surface area (Å²) in [6.07, 6.45) is 7.15. The van der Waals surface area contributed by atoms with E-state index in [0.717, 1.165) is 27.2 Å². The highest BCUT2D eigenvalue weighted by Gasteiger charge is 2.37. The molecular weight excluding hydrogens is 451 g/mol. The van der Waals surface area contributed by atoms with E-state index in [1.165, 1.54) is 12.2 Å². The van der Waals surface area contributed by atoms with E-state index in [1.54, 1.807) is 29.7 Å². The predicted octanol–water partition coefficient (Wildman–Crippen LogP) is 5.34. The Morgan fingerprint density at radius 1 is 1.27 bits per heavy atom. The summed E-state index contributed by atoms with van der Waals surface area (Å²) in [6.45, 7) is 1.94. The smallest absolute Gasteiger partial charge is 0.384 e. The van der Waals surface area contributed by atoms with Gasteiger partial charge in [0.1, 0.15) is 5.82 Å². The summed E-state index contributed by atoms with van der Waals surface area (Å²) in [6, 6.07) is 3.14. The van der Waals surface area contributed by atoms with Gasteiger partial charge in [0.05, 0.1) is 16.6 Å². The number of urea groups is 1. The van der Waals surface area contributed by atoms with Crippen LogP contribution in [-0.4, -0.2) is 22.2 Å². The van der Waals surface area contributed by atoms with Crippen molar-refractivity contribution >= 4 is 23.2 Å². The van der Waals surface area contributed by atoms with E-state index >= 15 is 0 Å². The topological polar surface area (TPSA) is 92.9 Å². The summed E-state index contributed by atoms with van der Waals surface area (Å²) in [5.41, 5.74) is 8.59. The molecule has 2 aromatic rings. The maximum Gasteiger partial charge on any atom is 0.395 e. The molecule has 6 nitrogen and oxygen atoms in total. The van der Waals surface area contributed by atoms with Crippen LogP contribution in [0.3, 0.4) is 0 Å². The molecule has 0 fully saturated rings. The number of pyridine rings is 1. The van der Waals surface area contributed by atoms with Crippen LogP contribution in [0.5, 0.6) is 0 Å². The number of carbonyl (C=O) groups is 1. The molecule has 2 atom stereocenters. The van der Waals surface area contributed by atoms with E-state index in [2.05, 4.69) is 20.6 Å². The van der Waals surface area contributed by atoms with Gasteiger partial charge in [-0.1, -0.05) is 24.3 Å². The number of allylic oxidation sites excluding steroid dienone is 7. The maximum absolute atomic E-state index is 12.8. The number of anilines is 1. The van der Waals surface area contributed by atoms with E-state index in [0.29, 0.717) is 23.6 Å². The Morgan fingerprint density at radius 2 is 2.09 bits per heavy atom. The van der Waals surface area contributed by atoms with Crippen molar-refractivity contribution in [1.29, 1.82) is 0 Å². The molecule has 2 unspecified atom stereocenters. The average Bonchev–Trinajstić information content (AvgIpc) is 3.15. The molecule has 0 saturated heterocycles. The molecule has 0 aromatic carbocycles. The third-order valence-electron chi connectivity index (χ3n) is 5.28.